The van der Waals surface area contributed by atoms with Crippen molar-refractivity contribution in [1.82, 2.24) is 10.6 Å². The molecule has 1 fully saturated rings. The Balaban J connectivity index is 2.24. The number of aliphatic hydroxyl groups is 1. The largest absolute Gasteiger partial charge is 0.391 e. The van der Waals surface area contributed by atoms with E-state index in [-0.39, 0.29) is 17.9 Å². The molecule has 1 saturated heterocycles. The number of carbonyl (C=O) groups excluding carboxylic acids is 1. The Morgan fingerprint density at radius 3 is 2.69 bits per heavy atom. The van der Waals surface area contributed by atoms with E-state index in [9.17, 15) is 9.90 Å². The van der Waals surface area contributed by atoms with Gasteiger partial charge in [0.15, 0.2) is 0 Å². The number of rotatable bonds is 6. The zero-order valence-corrected chi connectivity index (χ0v) is 10.3. The summed E-state index contributed by atoms with van der Waals surface area (Å²) in [5.74, 6) is 0.319. The first kappa shape index (κ1) is 13.5. The van der Waals surface area contributed by atoms with Crippen LogP contribution in [0, 0.1) is 5.92 Å². The summed E-state index contributed by atoms with van der Waals surface area (Å²) in [4.78, 5) is 11.7. The zero-order valence-electron chi connectivity index (χ0n) is 10.3. The molecule has 4 nitrogen and oxygen atoms in total. The lowest BCUT2D eigenvalue weighted by Crippen LogP contribution is -2.44. The van der Waals surface area contributed by atoms with Crippen molar-refractivity contribution in [2.45, 2.75) is 51.7 Å². The van der Waals surface area contributed by atoms with Gasteiger partial charge >= 0.3 is 0 Å². The molecule has 1 unspecified atom stereocenters. The molecule has 0 saturated carbocycles. The summed E-state index contributed by atoms with van der Waals surface area (Å²) in [5.41, 5.74) is 0. The molecule has 1 aliphatic heterocycles. The Labute approximate surface area is 97.8 Å². The molecule has 0 spiro atoms. The normalized spacial score (nSPS) is 22.4. The quantitative estimate of drug-likeness (QED) is 0.625. The monoisotopic (exact) mass is 228 g/mol. The van der Waals surface area contributed by atoms with Crippen molar-refractivity contribution in [3.8, 4) is 0 Å². The van der Waals surface area contributed by atoms with E-state index in [1.807, 2.05) is 0 Å². The van der Waals surface area contributed by atoms with Gasteiger partial charge in [0.05, 0.1) is 12.1 Å². The molecule has 1 rings (SSSR count). The topological polar surface area (TPSA) is 61.4 Å². The van der Waals surface area contributed by atoms with Gasteiger partial charge < -0.3 is 15.7 Å². The predicted octanol–water partition coefficient (Wildman–Crippen LogP) is 0.652. The molecule has 94 valence electrons. The average molecular weight is 228 g/mol. The number of carbonyl (C=O) groups is 1. The van der Waals surface area contributed by atoms with Crippen LogP contribution in [0.15, 0.2) is 0 Å². The number of hydrogen-bond acceptors (Lipinski definition) is 3. The second-order valence-corrected chi connectivity index (χ2v) is 4.54. The molecule has 1 aliphatic rings. The maximum atomic E-state index is 11.7. The lowest BCUT2D eigenvalue weighted by atomic mass is 9.96. The first-order valence-corrected chi connectivity index (χ1v) is 6.38. The molecule has 16 heavy (non-hydrogen) atoms. The van der Waals surface area contributed by atoms with Crippen molar-refractivity contribution in [3.63, 3.8) is 0 Å². The molecule has 0 aliphatic carbocycles. The molecule has 0 aromatic heterocycles. The predicted molar refractivity (Wildman–Crippen MR) is 64.1 cm³/mol. The Morgan fingerprint density at radius 2 is 2.19 bits per heavy atom. The number of amides is 1. The van der Waals surface area contributed by atoms with Crippen LogP contribution in [0.1, 0.15) is 39.5 Å². The maximum absolute atomic E-state index is 11.7. The summed E-state index contributed by atoms with van der Waals surface area (Å²) in [6.07, 6.45) is 3.46. The van der Waals surface area contributed by atoms with Gasteiger partial charge in [-0.25, -0.2) is 0 Å². The molecule has 2 atom stereocenters. The Bertz CT molecular complexity index is 211. The van der Waals surface area contributed by atoms with Crippen molar-refractivity contribution in [3.05, 3.63) is 0 Å². The third kappa shape index (κ3) is 3.76. The van der Waals surface area contributed by atoms with Gasteiger partial charge in [0, 0.05) is 6.54 Å². The maximum Gasteiger partial charge on any atom is 0.237 e. The van der Waals surface area contributed by atoms with Crippen molar-refractivity contribution in [2.24, 2.45) is 5.92 Å². The van der Waals surface area contributed by atoms with Crippen molar-refractivity contribution >= 4 is 5.91 Å². The summed E-state index contributed by atoms with van der Waals surface area (Å²) < 4.78 is 0. The van der Waals surface area contributed by atoms with Crippen LogP contribution in [0.2, 0.25) is 0 Å². The molecule has 1 amide bonds. The Morgan fingerprint density at radius 1 is 1.50 bits per heavy atom. The smallest absolute Gasteiger partial charge is 0.237 e. The van der Waals surface area contributed by atoms with E-state index in [0.29, 0.717) is 6.54 Å². The third-order valence-corrected chi connectivity index (χ3v) is 3.46. The van der Waals surface area contributed by atoms with Gasteiger partial charge in [0.25, 0.3) is 0 Å². The van der Waals surface area contributed by atoms with Crippen LogP contribution in [0.25, 0.3) is 0 Å². The fraction of sp³-hybridized carbons (Fsp3) is 0.917. The van der Waals surface area contributed by atoms with Gasteiger partial charge in [-0.05, 0) is 25.3 Å². The summed E-state index contributed by atoms with van der Waals surface area (Å²) in [7, 11) is 0. The third-order valence-electron chi connectivity index (χ3n) is 3.46. The summed E-state index contributed by atoms with van der Waals surface area (Å²) in [6.45, 7) is 5.44. The molecule has 0 aromatic rings. The number of nitrogens with one attached hydrogen (secondary N) is 2. The van der Waals surface area contributed by atoms with E-state index >= 15 is 0 Å². The molecule has 0 aromatic carbocycles. The molecule has 0 radical (unpaired) electrons. The highest BCUT2D eigenvalue weighted by Crippen LogP contribution is 2.12. The molecule has 4 heteroatoms. The first-order valence-electron chi connectivity index (χ1n) is 6.38. The van der Waals surface area contributed by atoms with Gasteiger partial charge in [-0.1, -0.05) is 26.7 Å². The molecule has 1 heterocycles. The minimum atomic E-state index is -0.416. The minimum Gasteiger partial charge on any atom is -0.391 e. The highest BCUT2D eigenvalue weighted by atomic mass is 16.3. The lowest BCUT2D eigenvalue weighted by Gasteiger charge is -2.21. The second-order valence-electron chi connectivity index (χ2n) is 4.54. The molecule has 0 bridgehead atoms. The summed E-state index contributed by atoms with van der Waals surface area (Å²) in [6, 6.07) is -0.0473. The number of hydrogen-bond donors (Lipinski definition) is 3. The Kier molecular flexibility index (Phi) is 5.77. The summed E-state index contributed by atoms with van der Waals surface area (Å²) >= 11 is 0. The fourth-order valence-electron chi connectivity index (χ4n) is 2.24. The fourth-order valence-corrected chi connectivity index (χ4v) is 2.24. The van der Waals surface area contributed by atoms with Crippen LogP contribution in [-0.4, -0.2) is 36.2 Å². The van der Waals surface area contributed by atoms with Crippen LogP contribution in [-0.2, 0) is 4.79 Å². The lowest BCUT2D eigenvalue weighted by molar-refractivity contribution is -0.123. The van der Waals surface area contributed by atoms with E-state index in [1.165, 1.54) is 0 Å². The van der Waals surface area contributed by atoms with E-state index in [1.54, 1.807) is 0 Å². The standard InChI is InChI=1S/C12H24N2O2/c1-3-9(4-2)11(15)8-14-12(16)10-6-5-7-13-10/h9-11,13,15H,3-8H2,1-2H3,(H,14,16)/t10-,11?/m0/s1. The van der Waals surface area contributed by atoms with Crippen LogP contribution in [0.4, 0.5) is 0 Å². The van der Waals surface area contributed by atoms with Crippen molar-refractivity contribution in [1.29, 1.82) is 0 Å². The summed E-state index contributed by atoms with van der Waals surface area (Å²) in [5, 5.41) is 15.8. The van der Waals surface area contributed by atoms with E-state index < -0.39 is 6.10 Å². The molecule has 3 N–H and O–H groups in total. The van der Waals surface area contributed by atoms with Crippen molar-refractivity contribution < 1.29 is 9.90 Å². The van der Waals surface area contributed by atoms with Crippen LogP contribution in [0.3, 0.4) is 0 Å². The van der Waals surface area contributed by atoms with Gasteiger partial charge in [0.2, 0.25) is 5.91 Å². The average Bonchev–Trinajstić information content (AvgIpc) is 2.81. The van der Waals surface area contributed by atoms with E-state index in [2.05, 4.69) is 24.5 Å². The minimum absolute atomic E-state index is 0.0301. The zero-order chi connectivity index (χ0) is 12.0. The first-order chi connectivity index (χ1) is 7.69. The van der Waals surface area contributed by atoms with Gasteiger partial charge in [0.1, 0.15) is 0 Å². The van der Waals surface area contributed by atoms with E-state index in [0.717, 1.165) is 32.2 Å². The van der Waals surface area contributed by atoms with Crippen LogP contribution in [0.5, 0.6) is 0 Å². The Hall–Kier alpha value is -0.610. The van der Waals surface area contributed by atoms with Gasteiger partial charge in [-0.2, -0.15) is 0 Å². The van der Waals surface area contributed by atoms with E-state index in [4.69, 9.17) is 0 Å². The van der Waals surface area contributed by atoms with Crippen LogP contribution < -0.4 is 10.6 Å². The van der Waals surface area contributed by atoms with Crippen LogP contribution >= 0.6 is 0 Å². The van der Waals surface area contributed by atoms with Gasteiger partial charge in [-0.3, -0.25) is 4.79 Å². The highest BCUT2D eigenvalue weighted by molar-refractivity contribution is 5.81. The SMILES string of the molecule is CCC(CC)C(O)CNC(=O)[C@@H]1CCCN1. The highest BCUT2D eigenvalue weighted by Gasteiger charge is 2.23. The second kappa shape index (κ2) is 6.86. The molecular weight excluding hydrogens is 204 g/mol. The van der Waals surface area contributed by atoms with Crippen molar-refractivity contribution in [2.75, 3.05) is 13.1 Å². The number of aliphatic hydroxyl groups excluding tert-OH is 1. The van der Waals surface area contributed by atoms with Gasteiger partial charge in [-0.15, -0.1) is 0 Å². The molecular formula is C12H24N2O2.